The van der Waals surface area contributed by atoms with Crippen molar-refractivity contribution in [3.8, 4) is 0 Å². The van der Waals surface area contributed by atoms with Gasteiger partial charge in [0.15, 0.2) is 5.78 Å². The van der Waals surface area contributed by atoms with Crippen molar-refractivity contribution in [3.05, 3.63) is 41.6 Å². The molecule has 0 aliphatic rings. The van der Waals surface area contributed by atoms with E-state index in [1.165, 1.54) is 5.56 Å². The van der Waals surface area contributed by atoms with E-state index in [1.54, 1.807) is 12.1 Å². The maximum Gasteiger partial charge on any atom is 0.259 e. The Morgan fingerprint density at radius 3 is 2.48 bits per heavy atom. The van der Waals surface area contributed by atoms with Crippen molar-refractivity contribution in [2.45, 2.75) is 31.3 Å². The van der Waals surface area contributed by atoms with Crippen LogP contribution in [0.15, 0.2) is 35.5 Å². The van der Waals surface area contributed by atoms with Crippen molar-refractivity contribution in [1.82, 2.24) is 15.0 Å². The van der Waals surface area contributed by atoms with Crippen molar-refractivity contribution >= 4 is 15.8 Å². The number of hydrogen-bond acceptors (Lipinski definition) is 5. The van der Waals surface area contributed by atoms with Crippen molar-refractivity contribution < 1.29 is 13.2 Å². The van der Waals surface area contributed by atoms with Gasteiger partial charge in [-0.1, -0.05) is 42.8 Å². The molecule has 0 atom stereocenters. The van der Waals surface area contributed by atoms with Gasteiger partial charge in [0.1, 0.15) is 6.54 Å². The lowest BCUT2D eigenvalue weighted by molar-refractivity contribution is 0.0967. The molecule has 1 heterocycles. The molecule has 0 aliphatic heterocycles. The summed E-state index contributed by atoms with van der Waals surface area (Å²) in [5, 5.41) is 11.6. The molecule has 21 heavy (non-hydrogen) atoms. The summed E-state index contributed by atoms with van der Waals surface area (Å²) >= 11 is 0. The average Bonchev–Trinajstić information content (AvgIpc) is 2.88. The molecule has 0 aliphatic carbocycles. The van der Waals surface area contributed by atoms with Crippen LogP contribution in [0.1, 0.15) is 29.3 Å². The van der Waals surface area contributed by atoms with E-state index in [2.05, 4.69) is 17.2 Å². The summed E-state index contributed by atoms with van der Waals surface area (Å²) in [5.41, 5.74) is 1.72. The number of primary sulfonamides is 1. The van der Waals surface area contributed by atoms with Crippen LogP contribution in [0, 0.1) is 0 Å². The molecule has 0 saturated heterocycles. The summed E-state index contributed by atoms with van der Waals surface area (Å²) in [6.45, 7) is 2.00. The molecule has 112 valence electrons. The third-order valence-electron chi connectivity index (χ3n) is 2.93. The summed E-state index contributed by atoms with van der Waals surface area (Å²) in [5.74, 6) is -0.177. The van der Waals surface area contributed by atoms with E-state index in [1.807, 2.05) is 12.1 Å². The minimum absolute atomic E-state index is 0.0877. The van der Waals surface area contributed by atoms with Crippen molar-refractivity contribution in [2.24, 2.45) is 5.14 Å². The Balaban J connectivity index is 2.09. The van der Waals surface area contributed by atoms with Gasteiger partial charge in [0.05, 0.1) is 6.20 Å². The van der Waals surface area contributed by atoms with Gasteiger partial charge >= 0.3 is 0 Å². The Hall–Kier alpha value is -2.06. The molecule has 2 rings (SSSR count). The van der Waals surface area contributed by atoms with Gasteiger partial charge in [-0.05, 0) is 12.0 Å². The zero-order valence-corrected chi connectivity index (χ0v) is 12.4. The molecule has 0 amide bonds. The third-order valence-corrected chi connectivity index (χ3v) is 3.70. The molecular weight excluding hydrogens is 292 g/mol. The van der Waals surface area contributed by atoms with Gasteiger partial charge in [-0.25, -0.2) is 18.2 Å². The van der Waals surface area contributed by atoms with Crippen LogP contribution in [0.3, 0.4) is 0 Å². The van der Waals surface area contributed by atoms with Crippen LogP contribution < -0.4 is 5.14 Å². The SMILES string of the molecule is CCCc1ccc(C(=O)Cn2cc(S(N)(=O)=O)nn2)cc1. The largest absolute Gasteiger partial charge is 0.292 e. The number of nitrogens with two attached hydrogens (primary N) is 1. The minimum atomic E-state index is -3.90. The topological polar surface area (TPSA) is 108 Å². The van der Waals surface area contributed by atoms with Crippen molar-refractivity contribution in [2.75, 3.05) is 0 Å². The highest BCUT2D eigenvalue weighted by molar-refractivity contribution is 7.89. The van der Waals surface area contributed by atoms with Crippen LogP contribution in [0.25, 0.3) is 0 Å². The Morgan fingerprint density at radius 1 is 1.29 bits per heavy atom. The predicted molar refractivity (Wildman–Crippen MR) is 76.2 cm³/mol. The molecule has 2 aromatic rings. The van der Waals surface area contributed by atoms with E-state index in [9.17, 15) is 13.2 Å². The number of carbonyl (C=O) groups excluding carboxylic acids is 1. The number of benzene rings is 1. The number of hydrogen-bond donors (Lipinski definition) is 1. The highest BCUT2D eigenvalue weighted by Crippen LogP contribution is 2.09. The molecule has 2 N–H and O–H groups in total. The Morgan fingerprint density at radius 2 is 1.95 bits per heavy atom. The monoisotopic (exact) mass is 308 g/mol. The summed E-state index contributed by atoms with van der Waals surface area (Å²) in [7, 11) is -3.90. The summed E-state index contributed by atoms with van der Waals surface area (Å²) in [6.07, 6.45) is 3.15. The fourth-order valence-electron chi connectivity index (χ4n) is 1.87. The molecule has 0 saturated carbocycles. The lowest BCUT2D eigenvalue weighted by Crippen LogP contribution is -2.13. The maximum absolute atomic E-state index is 12.1. The molecule has 1 aromatic heterocycles. The third kappa shape index (κ3) is 3.96. The molecule has 0 bridgehead atoms. The second kappa shape index (κ2) is 6.15. The quantitative estimate of drug-likeness (QED) is 0.793. The second-order valence-corrected chi connectivity index (χ2v) is 6.18. The summed E-state index contributed by atoms with van der Waals surface area (Å²) < 4.78 is 23.3. The average molecular weight is 308 g/mol. The fraction of sp³-hybridized carbons (Fsp3) is 0.308. The Bertz CT molecular complexity index is 735. The van der Waals surface area contributed by atoms with Crippen LogP contribution in [0.2, 0.25) is 0 Å². The number of aryl methyl sites for hydroxylation is 1. The van der Waals surface area contributed by atoms with Crippen molar-refractivity contribution in [3.63, 3.8) is 0 Å². The van der Waals surface area contributed by atoms with Gasteiger partial charge in [0.25, 0.3) is 10.0 Å². The van der Waals surface area contributed by atoms with Crippen LogP contribution in [-0.4, -0.2) is 29.2 Å². The Labute approximate surface area is 122 Å². The van der Waals surface area contributed by atoms with Gasteiger partial charge in [-0.2, -0.15) is 0 Å². The number of rotatable bonds is 6. The fourth-order valence-corrected chi connectivity index (χ4v) is 2.29. The molecule has 1 aromatic carbocycles. The summed E-state index contributed by atoms with van der Waals surface area (Å²) in [6, 6.07) is 7.33. The maximum atomic E-state index is 12.1. The number of carbonyl (C=O) groups is 1. The van der Waals surface area contributed by atoms with Gasteiger partial charge in [-0.15, -0.1) is 5.10 Å². The first kappa shape index (κ1) is 15.3. The lowest BCUT2D eigenvalue weighted by Gasteiger charge is -2.03. The number of sulfonamides is 1. The molecule has 0 spiro atoms. The molecule has 7 nitrogen and oxygen atoms in total. The van der Waals surface area contributed by atoms with Crippen LogP contribution in [0.4, 0.5) is 0 Å². The van der Waals surface area contributed by atoms with Gasteiger partial charge in [0, 0.05) is 5.56 Å². The molecule has 0 radical (unpaired) electrons. The highest BCUT2D eigenvalue weighted by Gasteiger charge is 2.14. The van der Waals surface area contributed by atoms with Gasteiger partial charge < -0.3 is 0 Å². The normalized spacial score (nSPS) is 11.5. The number of nitrogens with zero attached hydrogens (tertiary/aromatic N) is 3. The number of Topliss-reactive ketones (excluding diaryl/α,β-unsaturated/α-hetero) is 1. The minimum Gasteiger partial charge on any atom is -0.292 e. The van der Waals surface area contributed by atoms with Crippen LogP contribution in [-0.2, 0) is 23.0 Å². The van der Waals surface area contributed by atoms with E-state index in [4.69, 9.17) is 5.14 Å². The van der Waals surface area contributed by atoms with Gasteiger partial charge in [-0.3, -0.25) is 4.79 Å². The second-order valence-electron chi connectivity index (χ2n) is 4.67. The first-order chi connectivity index (χ1) is 9.90. The zero-order chi connectivity index (χ0) is 15.5. The van der Waals surface area contributed by atoms with E-state index < -0.39 is 10.0 Å². The molecular formula is C13H16N4O3S. The zero-order valence-electron chi connectivity index (χ0n) is 11.6. The van der Waals surface area contributed by atoms with E-state index in [0.717, 1.165) is 23.7 Å². The Kier molecular flexibility index (Phi) is 4.49. The van der Waals surface area contributed by atoms with E-state index in [-0.39, 0.29) is 17.4 Å². The van der Waals surface area contributed by atoms with Crippen LogP contribution in [0.5, 0.6) is 0 Å². The predicted octanol–water partition coefficient (Wildman–Crippen LogP) is 0.761. The standard InChI is InChI=1S/C13H16N4O3S/c1-2-3-10-4-6-11(7-5-10)12(18)8-17-9-13(15-16-17)21(14,19)20/h4-7,9H,2-3,8H2,1H3,(H2,14,19,20). The lowest BCUT2D eigenvalue weighted by atomic mass is 10.1. The first-order valence-electron chi connectivity index (χ1n) is 6.45. The molecule has 0 unspecified atom stereocenters. The first-order valence-corrected chi connectivity index (χ1v) is 8.00. The van der Waals surface area contributed by atoms with E-state index in [0.29, 0.717) is 5.56 Å². The molecule has 8 heteroatoms. The van der Waals surface area contributed by atoms with E-state index >= 15 is 0 Å². The summed E-state index contributed by atoms with van der Waals surface area (Å²) in [4.78, 5) is 12.1. The number of ketones is 1. The van der Waals surface area contributed by atoms with Crippen LogP contribution >= 0.6 is 0 Å². The number of aromatic nitrogens is 3. The van der Waals surface area contributed by atoms with Gasteiger partial charge in [0.2, 0.25) is 5.03 Å². The van der Waals surface area contributed by atoms with Crippen molar-refractivity contribution in [1.29, 1.82) is 0 Å². The molecule has 0 fully saturated rings. The highest BCUT2D eigenvalue weighted by atomic mass is 32.2. The smallest absolute Gasteiger partial charge is 0.259 e.